The van der Waals surface area contributed by atoms with Gasteiger partial charge in [-0.2, -0.15) is 4.31 Å². The maximum Gasteiger partial charge on any atom is 0.243 e. The molecule has 2 rings (SSSR count). The van der Waals surface area contributed by atoms with Crippen LogP contribution in [0.4, 0.5) is 10.1 Å². The lowest BCUT2D eigenvalue weighted by Gasteiger charge is -2.17. The van der Waals surface area contributed by atoms with Crippen LogP contribution in [0.15, 0.2) is 53.4 Å². The largest absolute Gasteiger partial charge is 0.399 e. The van der Waals surface area contributed by atoms with E-state index < -0.39 is 15.8 Å². The number of nitrogens with two attached hydrogens (primary N) is 1. The molecule has 0 aliphatic rings. The van der Waals surface area contributed by atoms with Gasteiger partial charge in [0.2, 0.25) is 10.0 Å². The monoisotopic (exact) mass is 294 g/mol. The third-order valence-corrected chi connectivity index (χ3v) is 4.72. The van der Waals surface area contributed by atoms with Crippen LogP contribution in [-0.4, -0.2) is 19.8 Å². The van der Waals surface area contributed by atoms with Crippen LogP contribution in [0.1, 0.15) is 5.56 Å². The molecule has 0 aliphatic heterocycles. The predicted molar refractivity (Wildman–Crippen MR) is 75.9 cm³/mol. The second kappa shape index (κ2) is 5.60. The zero-order chi connectivity index (χ0) is 14.8. The highest BCUT2D eigenvalue weighted by atomic mass is 32.2. The van der Waals surface area contributed by atoms with Crippen LogP contribution in [0.5, 0.6) is 0 Å². The van der Waals surface area contributed by atoms with Crippen LogP contribution in [-0.2, 0) is 16.6 Å². The molecule has 0 saturated carbocycles. The Bertz CT molecular complexity index is 682. The number of nitrogens with zero attached hydrogens (tertiary/aromatic N) is 1. The average molecular weight is 294 g/mol. The van der Waals surface area contributed by atoms with E-state index in [0.717, 1.165) is 17.7 Å². The van der Waals surface area contributed by atoms with Crippen molar-refractivity contribution in [3.63, 3.8) is 0 Å². The molecule has 0 amide bonds. The van der Waals surface area contributed by atoms with Crippen LogP contribution in [0.25, 0.3) is 0 Å². The topological polar surface area (TPSA) is 63.4 Å². The Morgan fingerprint density at radius 3 is 2.15 bits per heavy atom. The van der Waals surface area contributed by atoms with Crippen molar-refractivity contribution in [1.29, 1.82) is 0 Å². The average Bonchev–Trinajstić information content (AvgIpc) is 2.42. The van der Waals surface area contributed by atoms with Gasteiger partial charge in [0, 0.05) is 19.3 Å². The van der Waals surface area contributed by atoms with E-state index in [2.05, 4.69) is 0 Å². The fourth-order valence-corrected chi connectivity index (χ4v) is 2.91. The van der Waals surface area contributed by atoms with E-state index in [0.29, 0.717) is 5.69 Å². The van der Waals surface area contributed by atoms with Gasteiger partial charge in [-0.15, -0.1) is 0 Å². The molecule has 20 heavy (non-hydrogen) atoms. The number of sulfonamides is 1. The Hall–Kier alpha value is -1.92. The van der Waals surface area contributed by atoms with Crippen molar-refractivity contribution in [2.24, 2.45) is 0 Å². The van der Waals surface area contributed by atoms with Crippen LogP contribution < -0.4 is 5.73 Å². The van der Waals surface area contributed by atoms with Crippen LogP contribution in [0, 0.1) is 5.82 Å². The molecule has 0 bridgehead atoms. The van der Waals surface area contributed by atoms with E-state index in [1.807, 2.05) is 0 Å². The summed E-state index contributed by atoms with van der Waals surface area (Å²) < 4.78 is 38.6. The second-order valence-electron chi connectivity index (χ2n) is 4.46. The summed E-state index contributed by atoms with van der Waals surface area (Å²) in [6, 6.07) is 11.7. The lowest BCUT2D eigenvalue weighted by molar-refractivity contribution is 0.466. The van der Waals surface area contributed by atoms with E-state index >= 15 is 0 Å². The molecule has 2 aromatic carbocycles. The SMILES string of the molecule is CN(Cc1ccc(N)cc1)S(=O)(=O)c1ccc(F)cc1. The standard InChI is InChI=1S/C14H15FN2O2S/c1-17(10-11-2-6-13(16)7-3-11)20(18,19)14-8-4-12(15)5-9-14/h2-9H,10,16H2,1H3. The lowest BCUT2D eigenvalue weighted by Crippen LogP contribution is -2.26. The van der Waals surface area contributed by atoms with Crippen LogP contribution in [0.3, 0.4) is 0 Å². The molecule has 0 unspecified atom stereocenters. The number of nitrogen functional groups attached to an aromatic ring is 1. The Morgan fingerprint density at radius 1 is 1.05 bits per heavy atom. The molecular weight excluding hydrogens is 279 g/mol. The molecule has 2 N–H and O–H groups in total. The molecule has 0 aliphatic carbocycles. The summed E-state index contributed by atoms with van der Waals surface area (Å²) in [6.07, 6.45) is 0. The Kier molecular flexibility index (Phi) is 4.06. The van der Waals surface area contributed by atoms with Gasteiger partial charge in [0.1, 0.15) is 5.82 Å². The third kappa shape index (κ3) is 3.15. The van der Waals surface area contributed by atoms with Gasteiger partial charge in [-0.1, -0.05) is 12.1 Å². The number of hydrogen-bond acceptors (Lipinski definition) is 3. The molecule has 0 saturated heterocycles. The van der Waals surface area contributed by atoms with Gasteiger partial charge in [-0.3, -0.25) is 0 Å². The minimum absolute atomic E-state index is 0.0665. The molecular formula is C14H15FN2O2S. The van der Waals surface area contributed by atoms with E-state index in [1.54, 1.807) is 24.3 Å². The van der Waals surface area contributed by atoms with Gasteiger partial charge in [0.15, 0.2) is 0 Å². The maximum absolute atomic E-state index is 12.8. The molecule has 0 atom stereocenters. The quantitative estimate of drug-likeness (QED) is 0.880. The summed E-state index contributed by atoms with van der Waals surface area (Å²) >= 11 is 0. The molecule has 0 aromatic heterocycles. The van der Waals surface area contributed by atoms with Gasteiger partial charge in [0.05, 0.1) is 4.90 Å². The summed E-state index contributed by atoms with van der Waals surface area (Å²) in [5, 5.41) is 0. The zero-order valence-corrected chi connectivity index (χ0v) is 11.8. The van der Waals surface area contributed by atoms with E-state index in [9.17, 15) is 12.8 Å². The van der Waals surface area contributed by atoms with Gasteiger partial charge in [0.25, 0.3) is 0 Å². The van der Waals surface area contributed by atoms with E-state index in [1.165, 1.54) is 23.5 Å². The van der Waals surface area contributed by atoms with Crippen molar-refractivity contribution >= 4 is 15.7 Å². The predicted octanol–water partition coefficient (Wildman–Crippen LogP) is 2.23. The normalized spacial score (nSPS) is 11.8. The highest BCUT2D eigenvalue weighted by Crippen LogP contribution is 2.17. The first-order valence-electron chi connectivity index (χ1n) is 5.96. The van der Waals surface area contributed by atoms with E-state index in [-0.39, 0.29) is 11.4 Å². The minimum atomic E-state index is -3.63. The zero-order valence-electron chi connectivity index (χ0n) is 11.0. The van der Waals surface area contributed by atoms with Crippen molar-refractivity contribution in [3.05, 3.63) is 59.9 Å². The van der Waals surface area contributed by atoms with Gasteiger partial charge < -0.3 is 5.73 Å². The number of anilines is 1. The van der Waals surface area contributed by atoms with Crippen molar-refractivity contribution in [3.8, 4) is 0 Å². The molecule has 0 fully saturated rings. The molecule has 0 radical (unpaired) electrons. The molecule has 2 aromatic rings. The molecule has 6 heteroatoms. The van der Waals surface area contributed by atoms with Gasteiger partial charge >= 0.3 is 0 Å². The minimum Gasteiger partial charge on any atom is -0.399 e. The van der Waals surface area contributed by atoms with Crippen molar-refractivity contribution in [2.45, 2.75) is 11.4 Å². The maximum atomic E-state index is 12.8. The summed E-state index contributed by atoms with van der Waals surface area (Å²) in [6.45, 7) is 0.222. The number of halogens is 1. The number of benzene rings is 2. The number of rotatable bonds is 4. The first-order chi connectivity index (χ1) is 9.39. The highest BCUT2D eigenvalue weighted by Gasteiger charge is 2.20. The van der Waals surface area contributed by atoms with Crippen LogP contribution in [0.2, 0.25) is 0 Å². The van der Waals surface area contributed by atoms with E-state index in [4.69, 9.17) is 5.73 Å². The second-order valence-corrected chi connectivity index (χ2v) is 6.50. The fourth-order valence-electron chi connectivity index (χ4n) is 1.75. The Labute approximate surface area is 117 Å². The summed E-state index contributed by atoms with van der Waals surface area (Å²) in [4.78, 5) is 0.0665. The smallest absolute Gasteiger partial charge is 0.243 e. The molecule has 0 spiro atoms. The first kappa shape index (κ1) is 14.5. The van der Waals surface area contributed by atoms with Gasteiger partial charge in [-0.25, -0.2) is 12.8 Å². The Balaban J connectivity index is 2.21. The first-order valence-corrected chi connectivity index (χ1v) is 7.40. The highest BCUT2D eigenvalue weighted by molar-refractivity contribution is 7.89. The fraction of sp³-hybridized carbons (Fsp3) is 0.143. The number of hydrogen-bond donors (Lipinski definition) is 1. The lowest BCUT2D eigenvalue weighted by atomic mass is 10.2. The van der Waals surface area contributed by atoms with Crippen molar-refractivity contribution < 1.29 is 12.8 Å². The molecule has 4 nitrogen and oxygen atoms in total. The molecule has 0 heterocycles. The Morgan fingerprint density at radius 2 is 1.60 bits per heavy atom. The van der Waals surface area contributed by atoms with Gasteiger partial charge in [-0.05, 0) is 42.0 Å². The summed E-state index contributed by atoms with van der Waals surface area (Å²) in [5.74, 6) is -0.467. The van der Waals surface area contributed by atoms with Crippen molar-refractivity contribution in [1.82, 2.24) is 4.31 Å². The van der Waals surface area contributed by atoms with Crippen molar-refractivity contribution in [2.75, 3.05) is 12.8 Å². The summed E-state index contributed by atoms with van der Waals surface area (Å²) in [5.41, 5.74) is 7.03. The summed E-state index contributed by atoms with van der Waals surface area (Å²) in [7, 11) is -2.15. The third-order valence-electron chi connectivity index (χ3n) is 2.91. The van der Waals surface area contributed by atoms with Crippen LogP contribution >= 0.6 is 0 Å². The molecule has 106 valence electrons.